The molecule has 1 aliphatic heterocycles. The van der Waals surface area contributed by atoms with Gasteiger partial charge in [-0.15, -0.1) is 0 Å². The first-order valence-corrected chi connectivity index (χ1v) is 12.6. The molecule has 0 radical (unpaired) electrons. The van der Waals surface area contributed by atoms with Crippen molar-refractivity contribution in [2.75, 3.05) is 13.2 Å². The standard InChI is InChI=1S/C24H25BrN2O4S2/c1-4-6-11-31-21-18(25)12-16(13-19(21)30-5-2)14-20-23(29)27(24(32)33-20)26-22(28)17-9-7-15(3)8-10-17/h7-10,12-14H,4-6,11H2,1-3H3,(H,26,28)/b20-14-. The number of carbonyl (C=O) groups excluding carboxylic acids is 2. The van der Waals surface area contributed by atoms with Crippen LogP contribution in [0.25, 0.3) is 6.08 Å². The van der Waals surface area contributed by atoms with Gasteiger partial charge in [0.2, 0.25) is 0 Å². The average molecular weight is 550 g/mol. The molecule has 1 aliphatic rings. The van der Waals surface area contributed by atoms with E-state index in [0.717, 1.165) is 45.2 Å². The van der Waals surface area contributed by atoms with Crippen molar-refractivity contribution in [2.24, 2.45) is 0 Å². The molecule has 1 N–H and O–H groups in total. The van der Waals surface area contributed by atoms with Gasteiger partial charge in [0.05, 0.1) is 22.6 Å². The molecule has 3 rings (SSSR count). The van der Waals surface area contributed by atoms with Crippen molar-refractivity contribution < 1.29 is 19.1 Å². The maximum absolute atomic E-state index is 12.9. The molecule has 174 valence electrons. The zero-order valence-electron chi connectivity index (χ0n) is 18.6. The number of hydrazine groups is 1. The van der Waals surface area contributed by atoms with E-state index in [2.05, 4.69) is 28.3 Å². The molecule has 9 heteroatoms. The highest BCUT2D eigenvalue weighted by atomic mass is 79.9. The van der Waals surface area contributed by atoms with E-state index in [4.69, 9.17) is 21.7 Å². The highest BCUT2D eigenvalue weighted by Crippen LogP contribution is 2.39. The van der Waals surface area contributed by atoms with Crippen molar-refractivity contribution in [3.05, 3.63) is 62.5 Å². The summed E-state index contributed by atoms with van der Waals surface area (Å²) < 4.78 is 12.7. The zero-order valence-corrected chi connectivity index (χ0v) is 21.9. The number of rotatable bonds is 9. The van der Waals surface area contributed by atoms with Crippen molar-refractivity contribution >= 4 is 62.1 Å². The Balaban J connectivity index is 1.80. The Morgan fingerprint density at radius 1 is 1.21 bits per heavy atom. The Labute approximate surface area is 211 Å². The number of nitrogens with zero attached hydrogens (tertiary/aromatic N) is 1. The van der Waals surface area contributed by atoms with Crippen LogP contribution < -0.4 is 14.9 Å². The van der Waals surface area contributed by atoms with E-state index in [1.54, 1.807) is 18.2 Å². The SMILES string of the molecule is CCCCOc1c(Br)cc(/C=C2\SC(=S)N(NC(=O)c3ccc(C)cc3)C2=O)cc1OCC. The lowest BCUT2D eigenvalue weighted by atomic mass is 10.1. The second-order valence-corrected chi connectivity index (χ2v) is 9.82. The predicted octanol–water partition coefficient (Wildman–Crippen LogP) is 5.88. The van der Waals surface area contributed by atoms with Gasteiger partial charge >= 0.3 is 0 Å². The summed E-state index contributed by atoms with van der Waals surface area (Å²) in [6.07, 6.45) is 3.69. The Kier molecular flexibility index (Phi) is 8.94. The van der Waals surface area contributed by atoms with Gasteiger partial charge in [-0.05, 0) is 84.3 Å². The third-order valence-corrected chi connectivity index (χ3v) is 6.59. The summed E-state index contributed by atoms with van der Waals surface area (Å²) in [7, 11) is 0. The molecule has 0 spiro atoms. The van der Waals surface area contributed by atoms with Crippen LogP contribution in [0, 0.1) is 6.92 Å². The minimum absolute atomic E-state index is 0.260. The summed E-state index contributed by atoms with van der Waals surface area (Å²) in [5.41, 5.74) is 4.84. The van der Waals surface area contributed by atoms with Gasteiger partial charge < -0.3 is 9.47 Å². The molecule has 33 heavy (non-hydrogen) atoms. The number of amides is 2. The van der Waals surface area contributed by atoms with Crippen LogP contribution in [0.4, 0.5) is 0 Å². The Bertz CT molecular complexity index is 1090. The quantitative estimate of drug-likeness (QED) is 0.239. The summed E-state index contributed by atoms with van der Waals surface area (Å²) in [6, 6.07) is 10.8. The molecule has 1 heterocycles. The van der Waals surface area contributed by atoms with Gasteiger partial charge in [0, 0.05) is 5.56 Å². The fourth-order valence-corrected chi connectivity index (χ4v) is 4.73. The number of halogens is 1. The van der Waals surface area contributed by atoms with E-state index in [-0.39, 0.29) is 10.2 Å². The third-order valence-electron chi connectivity index (χ3n) is 4.69. The summed E-state index contributed by atoms with van der Waals surface area (Å²) in [5, 5.41) is 1.11. The van der Waals surface area contributed by atoms with Gasteiger partial charge in [0.1, 0.15) is 0 Å². The van der Waals surface area contributed by atoms with Crippen molar-refractivity contribution in [1.29, 1.82) is 0 Å². The number of hydrogen-bond donors (Lipinski definition) is 1. The smallest absolute Gasteiger partial charge is 0.285 e. The highest BCUT2D eigenvalue weighted by Gasteiger charge is 2.34. The fraction of sp³-hybridized carbons (Fsp3) is 0.292. The Hall–Kier alpha value is -2.36. The Morgan fingerprint density at radius 2 is 1.94 bits per heavy atom. The summed E-state index contributed by atoms with van der Waals surface area (Å²) in [4.78, 5) is 25.9. The second kappa shape index (κ2) is 11.7. The predicted molar refractivity (Wildman–Crippen MR) is 139 cm³/mol. The summed E-state index contributed by atoms with van der Waals surface area (Å²) in [6.45, 7) is 7.01. The molecule has 2 amide bonds. The number of hydrogen-bond acceptors (Lipinski definition) is 6. The van der Waals surface area contributed by atoms with E-state index in [1.807, 2.05) is 38.1 Å². The number of unbranched alkanes of at least 4 members (excludes halogenated alkanes) is 1. The molecular formula is C24H25BrN2O4S2. The second-order valence-electron chi connectivity index (χ2n) is 7.29. The number of thiocarbonyl (C=S) groups is 1. The topological polar surface area (TPSA) is 67.9 Å². The van der Waals surface area contributed by atoms with Gasteiger partial charge in [-0.3, -0.25) is 15.0 Å². The minimum atomic E-state index is -0.400. The van der Waals surface area contributed by atoms with E-state index in [1.165, 1.54) is 0 Å². The molecule has 2 aromatic carbocycles. The third kappa shape index (κ3) is 6.37. The fourth-order valence-electron chi connectivity index (χ4n) is 2.98. The van der Waals surface area contributed by atoms with Crippen molar-refractivity contribution in [2.45, 2.75) is 33.6 Å². The number of nitrogens with one attached hydrogen (secondary N) is 1. The van der Waals surface area contributed by atoms with Crippen LogP contribution in [0.5, 0.6) is 11.5 Å². The Morgan fingerprint density at radius 3 is 2.61 bits per heavy atom. The van der Waals surface area contributed by atoms with Crippen LogP contribution in [0.1, 0.15) is 48.2 Å². The first-order valence-electron chi connectivity index (χ1n) is 10.6. The first-order chi connectivity index (χ1) is 15.8. The summed E-state index contributed by atoms with van der Waals surface area (Å²) in [5.74, 6) is 0.447. The van der Waals surface area contributed by atoms with Gasteiger partial charge in [0.15, 0.2) is 15.8 Å². The number of thioether (sulfide) groups is 1. The molecule has 1 fully saturated rings. The van der Waals surface area contributed by atoms with Crippen LogP contribution in [-0.4, -0.2) is 34.4 Å². The lowest BCUT2D eigenvalue weighted by molar-refractivity contribution is -0.123. The maximum Gasteiger partial charge on any atom is 0.285 e. The summed E-state index contributed by atoms with van der Waals surface area (Å²) >= 11 is 10.0. The molecule has 0 saturated carbocycles. The normalized spacial score (nSPS) is 14.7. The van der Waals surface area contributed by atoms with Crippen molar-refractivity contribution in [1.82, 2.24) is 10.4 Å². The lowest BCUT2D eigenvalue weighted by Gasteiger charge is -2.16. The molecule has 6 nitrogen and oxygen atoms in total. The van der Waals surface area contributed by atoms with Crippen molar-refractivity contribution in [3.63, 3.8) is 0 Å². The van der Waals surface area contributed by atoms with E-state index in [9.17, 15) is 9.59 Å². The van der Waals surface area contributed by atoms with Crippen LogP contribution in [0.3, 0.4) is 0 Å². The van der Waals surface area contributed by atoms with Gasteiger partial charge in [0.25, 0.3) is 11.8 Å². The van der Waals surface area contributed by atoms with Crippen LogP contribution >= 0.6 is 39.9 Å². The van der Waals surface area contributed by atoms with Gasteiger partial charge in [-0.25, -0.2) is 0 Å². The molecule has 0 bridgehead atoms. The van der Waals surface area contributed by atoms with Gasteiger partial charge in [-0.2, -0.15) is 5.01 Å². The first kappa shape index (κ1) is 25.3. The average Bonchev–Trinajstić information content (AvgIpc) is 3.03. The molecule has 0 aromatic heterocycles. The maximum atomic E-state index is 12.9. The number of aryl methyl sites for hydroxylation is 1. The zero-order chi connectivity index (χ0) is 24.0. The van der Waals surface area contributed by atoms with E-state index in [0.29, 0.717) is 35.2 Å². The monoisotopic (exact) mass is 548 g/mol. The van der Waals surface area contributed by atoms with Crippen LogP contribution in [0.15, 0.2) is 45.8 Å². The van der Waals surface area contributed by atoms with Gasteiger partial charge in [-0.1, -0.05) is 42.8 Å². The van der Waals surface area contributed by atoms with E-state index < -0.39 is 5.91 Å². The molecule has 0 unspecified atom stereocenters. The van der Waals surface area contributed by atoms with Crippen LogP contribution in [-0.2, 0) is 4.79 Å². The van der Waals surface area contributed by atoms with Crippen LogP contribution in [0.2, 0.25) is 0 Å². The molecule has 0 atom stereocenters. The van der Waals surface area contributed by atoms with Crippen molar-refractivity contribution in [3.8, 4) is 11.5 Å². The highest BCUT2D eigenvalue weighted by molar-refractivity contribution is 9.10. The number of benzene rings is 2. The van der Waals surface area contributed by atoms with E-state index >= 15 is 0 Å². The number of carbonyl (C=O) groups is 2. The number of ether oxygens (including phenoxy) is 2. The molecule has 1 saturated heterocycles. The largest absolute Gasteiger partial charge is 0.490 e. The molecule has 2 aromatic rings. The minimum Gasteiger partial charge on any atom is -0.490 e. The molecular weight excluding hydrogens is 524 g/mol. The molecule has 0 aliphatic carbocycles. The lowest BCUT2D eigenvalue weighted by Crippen LogP contribution is -2.44.